The molecule has 1 N–H and O–H groups in total. The van der Waals surface area contributed by atoms with Crippen LogP contribution in [0.3, 0.4) is 0 Å². The van der Waals surface area contributed by atoms with E-state index in [0.717, 1.165) is 18.9 Å². The van der Waals surface area contributed by atoms with Crippen LogP contribution in [0.1, 0.15) is 41.0 Å². The third kappa shape index (κ3) is 3.46. The maximum atomic E-state index is 13.8. The zero-order valence-corrected chi connectivity index (χ0v) is 13.1. The van der Waals surface area contributed by atoms with E-state index < -0.39 is 18.0 Å². The topological polar surface area (TPSA) is 73.3 Å². The average molecular weight is 319 g/mol. The number of rotatable bonds is 3. The van der Waals surface area contributed by atoms with E-state index in [2.05, 4.69) is 15.4 Å². The van der Waals surface area contributed by atoms with Crippen LogP contribution in [0.4, 0.5) is 4.39 Å². The van der Waals surface area contributed by atoms with Crippen molar-refractivity contribution in [3.8, 4) is 0 Å². The Bertz CT molecular complexity index is 745. The summed E-state index contributed by atoms with van der Waals surface area (Å²) in [5, 5.41) is 0. The van der Waals surface area contributed by atoms with E-state index in [1.165, 1.54) is 6.07 Å². The molecule has 7 heteroatoms. The maximum Gasteiger partial charge on any atom is 0.277 e. The van der Waals surface area contributed by atoms with Crippen LogP contribution in [0.15, 0.2) is 12.1 Å². The van der Waals surface area contributed by atoms with Gasteiger partial charge in [-0.2, -0.15) is 0 Å². The number of ether oxygens (including phenoxy) is 1. The quantitative estimate of drug-likeness (QED) is 0.880. The summed E-state index contributed by atoms with van der Waals surface area (Å²) in [6, 6.07) is 2.39. The average Bonchev–Trinajstić information content (AvgIpc) is 2.54. The monoisotopic (exact) mass is 319 g/mol. The SMILES string of the molecule is Cc1nc2cc(F)cc(C(=O)NOC3CCCCO3)c2nc1C. The highest BCUT2D eigenvalue weighted by molar-refractivity contribution is 6.04. The molecule has 1 saturated heterocycles. The van der Waals surface area contributed by atoms with Crippen molar-refractivity contribution in [3.63, 3.8) is 0 Å². The molecule has 0 bridgehead atoms. The standard InChI is InChI=1S/C16H18FN3O3/c1-9-10(2)19-15-12(7-11(17)8-13(15)18-9)16(21)20-23-14-5-3-4-6-22-14/h7-8,14H,3-6H2,1-2H3,(H,20,21). The van der Waals surface area contributed by atoms with Gasteiger partial charge in [0.15, 0.2) is 6.29 Å². The summed E-state index contributed by atoms with van der Waals surface area (Å²) < 4.78 is 19.1. The number of aromatic nitrogens is 2. The number of carbonyl (C=O) groups excluding carboxylic acids is 1. The van der Waals surface area contributed by atoms with E-state index in [9.17, 15) is 9.18 Å². The highest BCUT2D eigenvalue weighted by atomic mass is 19.1. The summed E-state index contributed by atoms with van der Waals surface area (Å²) in [6.07, 6.45) is 2.20. The van der Waals surface area contributed by atoms with Gasteiger partial charge in [0.2, 0.25) is 0 Å². The van der Waals surface area contributed by atoms with Crippen LogP contribution in [0.5, 0.6) is 0 Å². The molecular weight excluding hydrogens is 301 g/mol. The first-order valence-corrected chi connectivity index (χ1v) is 7.56. The number of nitrogens with zero attached hydrogens (tertiary/aromatic N) is 2. The van der Waals surface area contributed by atoms with Gasteiger partial charge >= 0.3 is 0 Å². The van der Waals surface area contributed by atoms with Crippen LogP contribution in [0, 0.1) is 19.7 Å². The second-order valence-electron chi connectivity index (χ2n) is 5.56. The Morgan fingerprint density at radius 2 is 2.09 bits per heavy atom. The van der Waals surface area contributed by atoms with Crippen molar-refractivity contribution < 1.29 is 18.8 Å². The van der Waals surface area contributed by atoms with Crippen LogP contribution >= 0.6 is 0 Å². The first-order chi connectivity index (χ1) is 11.0. The lowest BCUT2D eigenvalue weighted by molar-refractivity contribution is -0.186. The largest absolute Gasteiger partial charge is 0.350 e. The molecule has 1 atom stereocenters. The number of amides is 1. The van der Waals surface area contributed by atoms with Crippen LogP contribution in [0.25, 0.3) is 11.0 Å². The number of benzene rings is 1. The van der Waals surface area contributed by atoms with Gasteiger partial charge in [0.1, 0.15) is 11.3 Å². The number of hydrogen-bond donors (Lipinski definition) is 1. The van der Waals surface area contributed by atoms with E-state index in [1.54, 1.807) is 13.8 Å². The first-order valence-electron chi connectivity index (χ1n) is 7.56. The van der Waals surface area contributed by atoms with Crippen molar-refractivity contribution in [3.05, 3.63) is 34.9 Å². The Labute approximate surface area is 133 Å². The normalized spacial score (nSPS) is 18.1. The van der Waals surface area contributed by atoms with Crippen LogP contribution in [-0.2, 0) is 9.57 Å². The fourth-order valence-corrected chi connectivity index (χ4v) is 2.45. The van der Waals surface area contributed by atoms with Crippen LogP contribution < -0.4 is 5.48 Å². The molecule has 2 aromatic rings. The Hall–Kier alpha value is -2.12. The molecule has 122 valence electrons. The highest BCUT2D eigenvalue weighted by Crippen LogP contribution is 2.19. The number of halogens is 1. The molecule has 1 amide bonds. The van der Waals surface area contributed by atoms with Crippen molar-refractivity contribution in [1.82, 2.24) is 15.4 Å². The lowest BCUT2D eigenvalue weighted by Crippen LogP contribution is -2.33. The summed E-state index contributed by atoms with van der Waals surface area (Å²) in [5.74, 6) is -1.12. The molecule has 1 aromatic carbocycles. The van der Waals surface area contributed by atoms with E-state index in [4.69, 9.17) is 9.57 Å². The van der Waals surface area contributed by atoms with Crippen molar-refractivity contribution in [2.24, 2.45) is 0 Å². The van der Waals surface area contributed by atoms with Gasteiger partial charge in [-0.05, 0) is 32.8 Å². The van der Waals surface area contributed by atoms with Gasteiger partial charge in [-0.1, -0.05) is 0 Å². The highest BCUT2D eigenvalue weighted by Gasteiger charge is 2.19. The third-order valence-corrected chi connectivity index (χ3v) is 3.81. The van der Waals surface area contributed by atoms with E-state index in [-0.39, 0.29) is 5.56 Å². The molecule has 1 aromatic heterocycles. The number of fused-ring (bicyclic) bond motifs is 1. The van der Waals surface area contributed by atoms with E-state index >= 15 is 0 Å². The third-order valence-electron chi connectivity index (χ3n) is 3.81. The fourth-order valence-electron chi connectivity index (χ4n) is 2.45. The Morgan fingerprint density at radius 1 is 1.30 bits per heavy atom. The van der Waals surface area contributed by atoms with Crippen molar-refractivity contribution in [2.45, 2.75) is 39.4 Å². The van der Waals surface area contributed by atoms with Gasteiger partial charge < -0.3 is 4.74 Å². The van der Waals surface area contributed by atoms with Crippen molar-refractivity contribution in [1.29, 1.82) is 0 Å². The maximum absolute atomic E-state index is 13.8. The fraction of sp³-hybridized carbons (Fsp3) is 0.438. The number of hydrogen-bond acceptors (Lipinski definition) is 5. The predicted octanol–water partition coefficient (Wildman–Crippen LogP) is 2.57. The second kappa shape index (κ2) is 6.55. The summed E-state index contributed by atoms with van der Waals surface area (Å²) in [5.41, 5.74) is 4.49. The molecular formula is C16H18FN3O3. The second-order valence-corrected chi connectivity index (χ2v) is 5.56. The van der Waals surface area contributed by atoms with Gasteiger partial charge in [-0.15, -0.1) is 0 Å². The number of carbonyl (C=O) groups is 1. The summed E-state index contributed by atoms with van der Waals surface area (Å²) in [4.78, 5) is 26.2. The summed E-state index contributed by atoms with van der Waals surface area (Å²) in [7, 11) is 0. The van der Waals surface area contributed by atoms with E-state index in [1.807, 2.05) is 0 Å². The molecule has 0 aliphatic carbocycles. The van der Waals surface area contributed by atoms with Crippen LogP contribution in [0.2, 0.25) is 0 Å². The van der Waals surface area contributed by atoms with Gasteiger partial charge in [-0.3, -0.25) is 4.79 Å². The first kappa shape index (κ1) is 15.8. The predicted molar refractivity (Wildman–Crippen MR) is 81.1 cm³/mol. The number of nitrogens with one attached hydrogen (secondary N) is 1. The minimum atomic E-state index is -0.568. The van der Waals surface area contributed by atoms with Gasteiger partial charge in [0.25, 0.3) is 5.91 Å². The Morgan fingerprint density at radius 3 is 2.83 bits per heavy atom. The van der Waals surface area contributed by atoms with Gasteiger partial charge in [-0.25, -0.2) is 24.7 Å². The molecule has 23 heavy (non-hydrogen) atoms. The van der Waals surface area contributed by atoms with E-state index in [0.29, 0.717) is 35.4 Å². The molecule has 0 radical (unpaired) electrons. The van der Waals surface area contributed by atoms with Gasteiger partial charge in [0, 0.05) is 19.1 Å². The number of hydroxylamine groups is 1. The lowest BCUT2D eigenvalue weighted by atomic mass is 10.1. The number of aryl methyl sites for hydroxylation is 2. The lowest BCUT2D eigenvalue weighted by Gasteiger charge is -2.22. The minimum Gasteiger partial charge on any atom is -0.350 e. The smallest absolute Gasteiger partial charge is 0.277 e. The Balaban J connectivity index is 1.85. The molecule has 0 spiro atoms. The summed E-state index contributed by atoms with van der Waals surface area (Å²) in [6.45, 7) is 4.18. The van der Waals surface area contributed by atoms with Crippen molar-refractivity contribution in [2.75, 3.05) is 6.61 Å². The molecule has 3 rings (SSSR count). The molecule has 1 aliphatic rings. The molecule has 6 nitrogen and oxygen atoms in total. The molecule has 1 unspecified atom stereocenters. The summed E-state index contributed by atoms with van der Waals surface area (Å²) >= 11 is 0. The molecule has 1 aliphatic heterocycles. The van der Waals surface area contributed by atoms with Crippen molar-refractivity contribution >= 4 is 16.9 Å². The Kier molecular flexibility index (Phi) is 4.49. The zero-order chi connectivity index (χ0) is 16.4. The molecule has 1 fully saturated rings. The van der Waals surface area contributed by atoms with Gasteiger partial charge in [0.05, 0.1) is 22.5 Å². The minimum absolute atomic E-state index is 0.0893. The zero-order valence-electron chi connectivity index (χ0n) is 13.1. The van der Waals surface area contributed by atoms with Crippen LogP contribution in [-0.4, -0.2) is 28.8 Å². The molecule has 0 saturated carbocycles. The molecule has 2 heterocycles.